The van der Waals surface area contributed by atoms with E-state index in [1.165, 1.54) is 12.1 Å². The number of carbonyl (C=O) groups excluding carboxylic acids is 1. The van der Waals surface area contributed by atoms with Gasteiger partial charge in [-0.1, -0.05) is 42.1 Å². The smallest absolute Gasteiger partial charge is 0.243 e. The molecule has 1 amide bonds. The lowest BCUT2D eigenvalue weighted by Crippen LogP contribution is -2.22. The molecule has 0 aliphatic rings. The highest BCUT2D eigenvalue weighted by molar-refractivity contribution is 7.99. The van der Waals surface area contributed by atoms with Crippen molar-refractivity contribution in [2.75, 3.05) is 23.4 Å². The summed E-state index contributed by atoms with van der Waals surface area (Å²) in [5.74, 6) is -0.216. The standard InChI is InChI=1S/C21H20N2O3S2/c1-28(25,26)18-13-11-16(12-14-18)23-21(24)15-22-19-9-5-6-10-20(19)27-17-7-3-2-4-8-17/h2-14,22H,15H2,1H3,(H,23,24). The van der Waals surface area contributed by atoms with Crippen LogP contribution in [-0.4, -0.2) is 27.1 Å². The fraction of sp³-hybridized carbons (Fsp3) is 0.0952. The monoisotopic (exact) mass is 412 g/mol. The van der Waals surface area contributed by atoms with Crippen molar-refractivity contribution < 1.29 is 13.2 Å². The maximum Gasteiger partial charge on any atom is 0.243 e. The van der Waals surface area contributed by atoms with Gasteiger partial charge in [-0.3, -0.25) is 4.79 Å². The minimum Gasteiger partial charge on any atom is -0.375 e. The molecular formula is C21H20N2O3S2. The Morgan fingerprint density at radius 1 is 0.893 bits per heavy atom. The van der Waals surface area contributed by atoms with Gasteiger partial charge >= 0.3 is 0 Å². The fourth-order valence-electron chi connectivity index (χ4n) is 2.48. The lowest BCUT2D eigenvalue weighted by atomic mass is 10.3. The lowest BCUT2D eigenvalue weighted by molar-refractivity contribution is -0.114. The van der Waals surface area contributed by atoms with Crippen LogP contribution in [0.15, 0.2) is 93.5 Å². The molecule has 28 heavy (non-hydrogen) atoms. The summed E-state index contributed by atoms with van der Waals surface area (Å²) in [7, 11) is -3.25. The molecule has 0 unspecified atom stereocenters. The van der Waals surface area contributed by atoms with E-state index in [1.807, 2.05) is 54.6 Å². The van der Waals surface area contributed by atoms with Crippen LogP contribution in [0.3, 0.4) is 0 Å². The van der Waals surface area contributed by atoms with Gasteiger partial charge in [0.25, 0.3) is 0 Å². The van der Waals surface area contributed by atoms with Gasteiger partial charge < -0.3 is 10.6 Å². The Balaban J connectivity index is 1.60. The first-order valence-electron chi connectivity index (χ1n) is 8.57. The number of amides is 1. The van der Waals surface area contributed by atoms with Crippen LogP contribution in [0.1, 0.15) is 0 Å². The number of benzene rings is 3. The molecule has 0 fully saturated rings. The van der Waals surface area contributed by atoms with E-state index < -0.39 is 9.84 Å². The first kappa shape index (κ1) is 20.0. The van der Waals surface area contributed by atoms with Crippen molar-refractivity contribution >= 4 is 38.9 Å². The average Bonchev–Trinajstić information content (AvgIpc) is 2.68. The molecule has 3 aromatic rings. The Hall–Kier alpha value is -2.77. The molecule has 144 valence electrons. The maximum absolute atomic E-state index is 12.2. The number of anilines is 2. The molecule has 0 aromatic heterocycles. The van der Waals surface area contributed by atoms with Crippen LogP contribution in [0.4, 0.5) is 11.4 Å². The molecule has 0 aliphatic carbocycles. The van der Waals surface area contributed by atoms with Gasteiger partial charge in [0.15, 0.2) is 9.84 Å². The summed E-state index contributed by atoms with van der Waals surface area (Å²) < 4.78 is 23.0. The Morgan fingerprint density at radius 3 is 2.21 bits per heavy atom. The summed E-state index contributed by atoms with van der Waals surface area (Å²) in [5.41, 5.74) is 1.42. The Labute approximate surface area is 169 Å². The highest BCUT2D eigenvalue weighted by atomic mass is 32.2. The van der Waals surface area contributed by atoms with Gasteiger partial charge in [-0.25, -0.2) is 8.42 Å². The van der Waals surface area contributed by atoms with E-state index in [1.54, 1.807) is 23.9 Å². The van der Waals surface area contributed by atoms with Gasteiger partial charge in [0.1, 0.15) is 0 Å². The number of nitrogens with one attached hydrogen (secondary N) is 2. The zero-order valence-electron chi connectivity index (χ0n) is 15.3. The summed E-state index contributed by atoms with van der Waals surface area (Å²) in [6.45, 7) is 0.0974. The third-order valence-corrected chi connectivity index (χ3v) is 6.08. The Bertz CT molecular complexity index is 1050. The molecule has 5 nitrogen and oxygen atoms in total. The first-order chi connectivity index (χ1) is 13.4. The SMILES string of the molecule is CS(=O)(=O)c1ccc(NC(=O)CNc2ccccc2Sc2ccccc2)cc1. The molecule has 0 bridgehead atoms. The van der Waals surface area contributed by atoms with Crippen molar-refractivity contribution in [2.45, 2.75) is 14.7 Å². The van der Waals surface area contributed by atoms with Crippen LogP contribution >= 0.6 is 11.8 Å². The zero-order valence-corrected chi connectivity index (χ0v) is 16.9. The van der Waals surface area contributed by atoms with E-state index in [-0.39, 0.29) is 17.3 Å². The van der Waals surface area contributed by atoms with Gasteiger partial charge in [-0.05, 0) is 48.5 Å². The average molecular weight is 413 g/mol. The van der Waals surface area contributed by atoms with E-state index in [2.05, 4.69) is 10.6 Å². The third-order valence-electron chi connectivity index (χ3n) is 3.86. The summed E-state index contributed by atoms with van der Waals surface area (Å²) in [6, 6.07) is 23.9. The minimum absolute atomic E-state index is 0.0974. The number of rotatable bonds is 7. The van der Waals surface area contributed by atoms with Crippen LogP contribution in [0.25, 0.3) is 0 Å². The van der Waals surface area contributed by atoms with Crippen molar-refractivity contribution in [3.8, 4) is 0 Å². The Kier molecular flexibility index (Phi) is 6.38. The van der Waals surface area contributed by atoms with Crippen molar-refractivity contribution in [1.82, 2.24) is 0 Å². The molecule has 2 N–H and O–H groups in total. The van der Waals surface area contributed by atoms with Crippen LogP contribution in [0.2, 0.25) is 0 Å². The largest absolute Gasteiger partial charge is 0.375 e. The summed E-state index contributed by atoms with van der Waals surface area (Å²) in [5, 5.41) is 5.92. The second-order valence-corrected chi connectivity index (χ2v) is 9.24. The van der Waals surface area contributed by atoms with Crippen molar-refractivity contribution in [1.29, 1.82) is 0 Å². The van der Waals surface area contributed by atoms with Gasteiger partial charge in [0.05, 0.1) is 11.4 Å². The van der Waals surface area contributed by atoms with Gasteiger partial charge in [-0.15, -0.1) is 0 Å². The van der Waals surface area contributed by atoms with Crippen LogP contribution < -0.4 is 10.6 Å². The molecule has 0 saturated heterocycles. The second kappa shape index (κ2) is 8.95. The van der Waals surface area contributed by atoms with E-state index in [0.29, 0.717) is 5.69 Å². The highest BCUT2D eigenvalue weighted by Crippen LogP contribution is 2.33. The maximum atomic E-state index is 12.2. The molecule has 0 spiro atoms. The predicted molar refractivity (Wildman–Crippen MR) is 114 cm³/mol. The van der Waals surface area contributed by atoms with Crippen LogP contribution in [0.5, 0.6) is 0 Å². The molecular weight excluding hydrogens is 392 g/mol. The predicted octanol–water partition coefficient (Wildman–Crippen LogP) is 4.29. The van der Waals surface area contributed by atoms with Gasteiger partial charge in [-0.2, -0.15) is 0 Å². The number of hydrogen-bond donors (Lipinski definition) is 2. The van der Waals surface area contributed by atoms with Crippen molar-refractivity contribution in [3.63, 3.8) is 0 Å². The van der Waals surface area contributed by atoms with Crippen LogP contribution in [0, 0.1) is 0 Å². The molecule has 0 atom stereocenters. The highest BCUT2D eigenvalue weighted by Gasteiger charge is 2.09. The third kappa shape index (κ3) is 5.61. The van der Waals surface area contributed by atoms with E-state index in [4.69, 9.17) is 0 Å². The normalized spacial score (nSPS) is 11.0. The lowest BCUT2D eigenvalue weighted by Gasteiger charge is -2.12. The first-order valence-corrected chi connectivity index (χ1v) is 11.3. The van der Waals surface area contributed by atoms with Crippen molar-refractivity contribution in [3.05, 3.63) is 78.9 Å². The van der Waals surface area contributed by atoms with Gasteiger partial charge in [0.2, 0.25) is 5.91 Å². The van der Waals surface area contributed by atoms with E-state index in [0.717, 1.165) is 21.7 Å². The number of para-hydroxylation sites is 1. The molecule has 0 saturated carbocycles. The zero-order chi connectivity index (χ0) is 20.0. The summed E-state index contributed by atoms with van der Waals surface area (Å²) in [4.78, 5) is 14.6. The molecule has 0 heterocycles. The quantitative estimate of drug-likeness (QED) is 0.605. The molecule has 3 rings (SSSR count). The molecule has 3 aromatic carbocycles. The molecule has 0 aliphatic heterocycles. The fourth-order valence-corrected chi connectivity index (χ4v) is 4.06. The number of hydrogen-bond acceptors (Lipinski definition) is 5. The molecule has 0 radical (unpaired) electrons. The topological polar surface area (TPSA) is 75.3 Å². The van der Waals surface area contributed by atoms with E-state index in [9.17, 15) is 13.2 Å². The number of sulfone groups is 1. The number of carbonyl (C=O) groups is 1. The van der Waals surface area contributed by atoms with Gasteiger partial charge in [0, 0.05) is 27.4 Å². The summed E-state index contributed by atoms with van der Waals surface area (Å²) >= 11 is 1.62. The second-order valence-electron chi connectivity index (χ2n) is 6.11. The minimum atomic E-state index is -3.25. The Morgan fingerprint density at radius 2 is 1.54 bits per heavy atom. The van der Waals surface area contributed by atoms with Crippen LogP contribution in [-0.2, 0) is 14.6 Å². The van der Waals surface area contributed by atoms with E-state index >= 15 is 0 Å². The van der Waals surface area contributed by atoms with Crippen molar-refractivity contribution in [2.24, 2.45) is 0 Å². The summed E-state index contributed by atoms with van der Waals surface area (Å²) in [6.07, 6.45) is 1.15. The molecule has 7 heteroatoms.